The number of carbonyl (C=O) groups is 1. The molecular formula is C18H21N5O4. The topological polar surface area (TPSA) is 100 Å². The molecule has 0 fully saturated rings. The third kappa shape index (κ3) is 3.01. The van der Waals surface area contributed by atoms with E-state index in [1.807, 2.05) is 13.0 Å². The quantitative estimate of drug-likeness (QED) is 0.736. The maximum Gasteiger partial charge on any atom is 0.332 e. The molecule has 2 aromatic heterocycles. The van der Waals surface area contributed by atoms with Crippen LogP contribution >= 0.6 is 0 Å². The summed E-state index contributed by atoms with van der Waals surface area (Å²) in [7, 11) is 4.45. The summed E-state index contributed by atoms with van der Waals surface area (Å²) in [4.78, 5) is 41.5. The van der Waals surface area contributed by atoms with Crippen molar-refractivity contribution in [2.45, 2.75) is 19.9 Å². The van der Waals surface area contributed by atoms with Crippen LogP contribution in [0.15, 0.2) is 34.1 Å². The van der Waals surface area contributed by atoms with Crippen molar-refractivity contribution in [1.82, 2.24) is 18.7 Å². The van der Waals surface area contributed by atoms with Crippen LogP contribution in [0.4, 0.5) is 5.69 Å². The predicted octanol–water partition coefficient (Wildman–Crippen LogP) is 0.950. The van der Waals surface area contributed by atoms with E-state index in [9.17, 15) is 14.4 Å². The molecule has 0 unspecified atom stereocenters. The van der Waals surface area contributed by atoms with Crippen LogP contribution in [0.1, 0.15) is 18.5 Å². The maximum atomic E-state index is 12.8. The molecule has 0 saturated carbocycles. The number of fused-ring (bicyclic) bond motifs is 1. The first-order valence-electron chi connectivity index (χ1n) is 8.34. The second kappa shape index (κ2) is 6.75. The number of nitrogens with one attached hydrogen (secondary N) is 1. The summed E-state index contributed by atoms with van der Waals surface area (Å²) in [6.07, 6.45) is 1.39. The molecule has 1 amide bonds. The first-order valence-corrected chi connectivity index (χ1v) is 8.34. The van der Waals surface area contributed by atoms with E-state index >= 15 is 0 Å². The third-order valence-electron chi connectivity index (χ3n) is 4.58. The zero-order valence-electron chi connectivity index (χ0n) is 15.8. The normalized spacial score (nSPS) is 12.2. The van der Waals surface area contributed by atoms with E-state index in [0.717, 1.165) is 10.1 Å². The van der Waals surface area contributed by atoms with Gasteiger partial charge in [0.1, 0.15) is 11.8 Å². The van der Waals surface area contributed by atoms with E-state index in [2.05, 4.69) is 10.3 Å². The van der Waals surface area contributed by atoms with Crippen LogP contribution in [-0.2, 0) is 18.9 Å². The zero-order chi connectivity index (χ0) is 19.9. The van der Waals surface area contributed by atoms with E-state index in [4.69, 9.17) is 4.74 Å². The van der Waals surface area contributed by atoms with Crippen molar-refractivity contribution in [3.8, 4) is 5.75 Å². The van der Waals surface area contributed by atoms with Gasteiger partial charge in [-0.05, 0) is 31.5 Å². The fourth-order valence-electron chi connectivity index (χ4n) is 2.94. The van der Waals surface area contributed by atoms with Crippen LogP contribution in [0.2, 0.25) is 0 Å². The molecule has 2 heterocycles. The Balaban J connectivity index is 2.03. The number of aromatic nitrogens is 4. The highest BCUT2D eigenvalue weighted by molar-refractivity contribution is 5.95. The number of rotatable bonds is 4. The van der Waals surface area contributed by atoms with Crippen molar-refractivity contribution in [1.29, 1.82) is 0 Å². The number of hydrogen-bond acceptors (Lipinski definition) is 5. The summed E-state index contributed by atoms with van der Waals surface area (Å²) < 4.78 is 9.02. The van der Waals surface area contributed by atoms with Crippen molar-refractivity contribution in [3.05, 3.63) is 50.9 Å². The molecule has 0 bridgehead atoms. The van der Waals surface area contributed by atoms with Crippen molar-refractivity contribution in [3.63, 3.8) is 0 Å². The molecule has 0 saturated heterocycles. The van der Waals surface area contributed by atoms with Gasteiger partial charge < -0.3 is 14.6 Å². The fourth-order valence-corrected chi connectivity index (χ4v) is 2.94. The smallest absolute Gasteiger partial charge is 0.332 e. The summed E-state index contributed by atoms with van der Waals surface area (Å²) in [5.74, 6) is 0.198. The molecule has 0 radical (unpaired) electrons. The van der Waals surface area contributed by atoms with Gasteiger partial charge in [-0.25, -0.2) is 9.78 Å². The molecule has 9 heteroatoms. The number of imidazole rings is 1. The predicted molar refractivity (Wildman–Crippen MR) is 101 cm³/mol. The van der Waals surface area contributed by atoms with Gasteiger partial charge in [-0.1, -0.05) is 6.07 Å². The van der Waals surface area contributed by atoms with Gasteiger partial charge in [-0.3, -0.25) is 18.7 Å². The molecule has 1 aromatic carbocycles. The van der Waals surface area contributed by atoms with Crippen molar-refractivity contribution < 1.29 is 9.53 Å². The van der Waals surface area contributed by atoms with Crippen molar-refractivity contribution in [2.24, 2.45) is 14.1 Å². The average Bonchev–Trinajstić information content (AvgIpc) is 3.09. The van der Waals surface area contributed by atoms with Crippen LogP contribution in [0.25, 0.3) is 11.2 Å². The lowest BCUT2D eigenvalue weighted by molar-refractivity contribution is -0.118. The van der Waals surface area contributed by atoms with Crippen molar-refractivity contribution >= 4 is 22.8 Å². The number of carbonyl (C=O) groups excluding carboxylic acids is 1. The summed E-state index contributed by atoms with van der Waals surface area (Å²) in [6, 6.07) is 4.72. The lowest BCUT2D eigenvalue weighted by atomic mass is 10.2. The Labute approximate surface area is 154 Å². The molecular weight excluding hydrogens is 350 g/mol. The highest BCUT2D eigenvalue weighted by Crippen LogP contribution is 2.26. The molecule has 0 aliphatic rings. The maximum absolute atomic E-state index is 12.8. The van der Waals surface area contributed by atoms with E-state index in [1.54, 1.807) is 19.1 Å². The van der Waals surface area contributed by atoms with Gasteiger partial charge in [-0.2, -0.15) is 0 Å². The molecule has 1 N–H and O–H groups in total. The molecule has 9 nitrogen and oxygen atoms in total. The van der Waals surface area contributed by atoms with Gasteiger partial charge in [0, 0.05) is 14.1 Å². The fraction of sp³-hybridized carbons (Fsp3) is 0.333. The Kier molecular flexibility index (Phi) is 4.61. The van der Waals surface area contributed by atoms with Crippen LogP contribution in [0, 0.1) is 6.92 Å². The minimum absolute atomic E-state index is 0.193. The number of nitrogens with zero attached hydrogens (tertiary/aromatic N) is 4. The molecule has 3 rings (SSSR count). The molecule has 142 valence electrons. The Morgan fingerprint density at radius 3 is 2.59 bits per heavy atom. The Bertz CT molecular complexity index is 1150. The first kappa shape index (κ1) is 18.4. The second-order valence-electron chi connectivity index (χ2n) is 6.40. The van der Waals surface area contributed by atoms with E-state index in [-0.39, 0.29) is 17.1 Å². The summed E-state index contributed by atoms with van der Waals surface area (Å²) in [5, 5.41) is 2.83. The zero-order valence-corrected chi connectivity index (χ0v) is 15.8. The van der Waals surface area contributed by atoms with Gasteiger partial charge in [0.25, 0.3) is 5.56 Å². The average molecular weight is 371 g/mol. The standard InChI is InChI=1S/C18H21N5O4/c1-10-6-7-13(27-5)12(8-10)20-16(24)11(2)23-9-19-15-14(23)17(25)22(4)18(26)21(15)3/h6-9,11H,1-5H3,(H,20,24)/t11-/m0/s1. The Morgan fingerprint density at radius 1 is 1.22 bits per heavy atom. The highest BCUT2D eigenvalue weighted by atomic mass is 16.5. The number of anilines is 1. The van der Waals surface area contributed by atoms with E-state index in [1.165, 1.54) is 36.7 Å². The molecule has 27 heavy (non-hydrogen) atoms. The molecule has 0 aliphatic heterocycles. The van der Waals surface area contributed by atoms with Crippen molar-refractivity contribution in [2.75, 3.05) is 12.4 Å². The monoisotopic (exact) mass is 371 g/mol. The van der Waals surface area contributed by atoms with Crippen LogP contribution < -0.4 is 21.3 Å². The van der Waals surface area contributed by atoms with Crippen LogP contribution in [0.3, 0.4) is 0 Å². The minimum Gasteiger partial charge on any atom is -0.495 e. The highest BCUT2D eigenvalue weighted by Gasteiger charge is 2.22. The van der Waals surface area contributed by atoms with E-state index < -0.39 is 17.3 Å². The van der Waals surface area contributed by atoms with Gasteiger partial charge >= 0.3 is 5.69 Å². The summed E-state index contributed by atoms with van der Waals surface area (Å²) >= 11 is 0. The van der Waals surface area contributed by atoms with Crippen LogP contribution in [-0.4, -0.2) is 31.7 Å². The van der Waals surface area contributed by atoms with Gasteiger partial charge in [0.2, 0.25) is 5.91 Å². The SMILES string of the molecule is COc1ccc(C)cc1NC(=O)[C@H](C)n1cnc2c1c(=O)n(C)c(=O)n2C. The first-order chi connectivity index (χ1) is 12.8. The molecule has 0 aliphatic carbocycles. The summed E-state index contributed by atoms with van der Waals surface area (Å²) in [6.45, 7) is 3.56. The largest absolute Gasteiger partial charge is 0.495 e. The molecule has 0 spiro atoms. The number of hydrogen-bond donors (Lipinski definition) is 1. The van der Waals surface area contributed by atoms with Gasteiger partial charge in [-0.15, -0.1) is 0 Å². The number of amides is 1. The Morgan fingerprint density at radius 2 is 1.93 bits per heavy atom. The third-order valence-corrected chi connectivity index (χ3v) is 4.58. The second-order valence-corrected chi connectivity index (χ2v) is 6.40. The molecule has 3 aromatic rings. The minimum atomic E-state index is -0.731. The number of methoxy groups -OCH3 is 1. The van der Waals surface area contributed by atoms with Gasteiger partial charge in [0.05, 0.1) is 19.1 Å². The Hall–Kier alpha value is -3.36. The van der Waals surface area contributed by atoms with Crippen LogP contribution in [0.5, 0.6) is 5.75 Å². The lowest BCUT2D eigenvalue weighted by Gasteiger charge is -2.16. The summed E-state index contributed by atoms with van der Waals surface area (Å²) in [5.41, 5.74) is 0.960. The van der Waals surface area contributed by atoms with E-state index in [0.29, 0.717) is 11.4 Å². The van der Waals surface area contributed by atoms with Gasteiger partial charge in [0.15, 0.2) is 11.2 Å². The molecule has 1 atom stereocenters. The number of aryl methyl sites for hydroxylation is 2. The number of ether oxygens (including phenoxy) is 1. The lowest BCUT2D eigenvalue weighted by Crippen LogP contribution is -2.38. The number of benzene rings is 1.